The van der Waals surface area contributed by atoms with E-state index >= 15 is 0 Å². The first-order chi connectivity index (χ1) is 9.24. The van der Waals surface area contributed by atoms with Crippen LogP contribution >= 0.6 is 15.9 Å². The molecule has 0 atom stereocenters. The van der Waals surface area contributed by atoms with E-state index in [-0.39, 0.29) is 0 Å². The highest BCUT2D eigenvalue weighted by Gasteiger charge is 2.06. The van der Waals surface area contributed by atoms with Crippen LogP contribution in [0.15, 0.2) is 46.9 Å². The third-order valence-corrected chi connectivity index (χ3v) is 3.57. The third-order valence-electron chi connectivity index (χ3n) is 2.95. The Labute approximate surface area is 122 Å². The van der Waals surface area contributed by atoms with E-state index in [4.69, 9.17) is 4.74 Å². The van der Waals surface area contributed by atoms with E-state index < -0.39 is 0 Å². The maximum atomic E-state index is 6.00. The fourth-order valence-corrected chi connectivity index (χ4v) is 2.46. The Morgan fingerprint density at radius 3 is 2.58 bits per heavy atom. The summed E-state index contributed by atoms with van der Waals surface area (Å²) in [6, 6.07) is 14.3. The highest BCUT2D eigenvalue weighted by atomic mass is 79.9. The lowest BCUT2D eigenvalue weighted by atomic mass is 10.1. The molecule has 2 aromatic rings. The molecule has 1 N–H and O–H groups in total. The van der Waals surface area contributed by atoms with Gasteiger partial charge in [0, 0.05) is 6.54 Å². The normalized spacial score (nSPS) is 10.5. The number of rotatable bonds is 5. The molecular weight excluding hydrogens is 302 g/mol. The van der Waals surface area contributed by atoms with Gasteiger partial charge in [0.15, 0.2) is 0 Å². The van der Waals surface area contributed by atoms with Crippen molar-refractivity contribution in [3.63, 3.8) is 0 Å². The van der Waals surface area contributed by atoms with Crippen LogP contribution in [0.2, 0.25) is 0 Å². The van der Waals surface area contributed by atoms with Crippen molar-refractivity contribution >= 4 is 15.9 Å². The molecule has 0 aliphatic carbocycles. The molecule has 0 saturated carbocycles. The highest BCUT2D eigenvalue weighted by Crippen LogP contribution is 2.32. The molecule has 2 nitrogen and oxygen atoms in total. The average Bonchev–Trinajstić information content (AvgIpc) is 2.43. The predicted molar refractivity (Wildman–Crippen MR) is 82.8 cm³/mol. The molecule has 0 amide bonds. The maximum Gasteiger partial charge on any atom is 0.141 e. The lowest BCUT2D eigenvalue weighted by Gasteiger charge is -2.12. The number of benzene rings is 2. The molecule has 0 saturated heterocycles. The summed E-state index contributed by atoms with van der Waals surface area (Å²) in [5.41, 5.74) is 2.44. The minimum Gasteiger partial charge on any atom is -0.456 e. The second-order valence-electron chi connectivity index (χ2n) is 4.36. The molecule has 0 fully saturated rings. The maximum absolute atomic E-state index is 6.00. The molecule has 0 aliphatic heterocycles. The molecule has 0 spiro atoms. The van der Waals surface area contributed by atoms with Crippen molar-refractivity contribution in [3.05, 3.63) is 58.1 Å². The van der Waals surface area contributed by atoms with Crippen LogP contribution in [0, 0.1) is 0 Å². The van der Waals surface area contributed by atoms with Crippen LogP contribution in [-0.2, 0) is 13.0 Å². The van der Waals surface area contributed by atoms with Gasteiger partial charge in [0.1, 0.15) is 11.5 Å². The van der Waals surface area contributed by atoms with E-state index in [9.17, 15) is 0 Å². The first-order valence-electron chi connectivity index (χ1n) is 6.43. The van der Waals surface area contributed by atoms with Gasteiger partial charge in [-0.15, -0.1) is 0 Å². The largest absolute Gasteiger partial charge is 0.456 e. The summed E-state index contributed by atoms with van der Waals surface area (Å²) >= 11 is 3.57. The Kier molecular flexibility index (Phi) is 5.00. The Balaban J connectivity index is 2.23. The summed E-state index contributed by atoms with van der Waals surface area (Å²) in [5.74, 6) is 1.77. The molecule has 0 heterocycles. The number of para-hydroxylation sites is 1. The van der Waals surface area contributed by atoms with Crippen LogP contribution < -0.4 is 10.1 Å². The fourth-order valence-electron chi connectivity index (χ4n) is 1.96. The van der Waals surface area contributed by atoms with Crippen LogP contribution in [0.5, 0.6) is 11.5 Å². The number of hydrogen-bond acceptors (Lipinski definition) is 2. The topological polar surface area (TPSA) is 21.3 Å². The summed E-state index contributed by atoms with van der Waals surface area (Å²) in [4.78, 5) is 0. The van der Waals surface area contributed by atoms with E-state index in [1.807, 2.05) is 31.3 Å². The Hall–Kier alpha value is -1.32. The van der Waals surface area contributed by atoms with Crippen molar-refractivity contribution in [1.82, 2.24) is 5.32 Å². The second-order valence-corrected chi connectivity index (χ2v) is 5.21. The van der Waals surface area contributed by atoms with Crippen molar-refractivity contribution in [2.45, 2.75) is 19.9 Å². The van der Waals surface area contributed by atoms with Gasteiger partial charge in [0.25, 0.3) is 0 Å². The van der Waals surface area contributed by atoms with Crippen molar-refractivity contribution in [2.24, 2.45) is 0 Å². The summed E-state index contributed by atoms with van der Waals surface area (Å²) in [7, 11) is 1.94. The number of nitrogens with one attached hydrogen (secondary N) is 1. The Bertz CT molecular complexity index is 554. The number of aryl methyl sites for hydroxylation is 1. The molecule has 0 bridgehead atoms. The van der Waals surface area contributed by atoms with Crippen LogP contribution in [0.3, 0.4) is 0 Å². The zero-order valence-electron chi connectivity index (χ0n) is 11.2. The van der Waals surface area contributed by atoms with Crippen molar-refractivity contribution in [1.29, 1.82) is 0 Å². The first kappa shape index (κ1) is 14.1. The van der Waals surface area contributed by atoms with Gasteiger partial charge >= 0.3 is 0 Å². The van der Waals surface area contributed by atoms with E-state index in [0.717, 1.165) is 28.9 Å². The van der Waals surface area contributed by atoms with E-state index in [2.05, 4.69) is 46.4 Å². The average molecular weight is 320 g/mol. The first-order valence-corrected chi connectivity index (χ1v) is 7.22. The lowest BCUT2D eigenvalue weighted by molar-refractivity contribution is 0.473. The van der Waals surface area contributed by atoms with Gasteiger partial charge in [0.05, 0.1) is 4.47 Å². The molecule has 0 aliphatic rings. The monoisotopic (exact) mass is 319 g/mol. The molecule has 100 valence electrons. The van der Waals surface area contributed by atoms with Gasteiger partial charge in [0.2, 0.25) is 0 Å². The molecule has 0 aromatic heterocycles. The Morgan fingerprint density at radius 1 is 1.11 bits per heavy atom. The van der Waals surface area contributed by atoms with Gasteiger partial charge in [-0.25, -0.2) is 0 Å². The molecule has 2 aromatic carbocycles. The van der Waals surface area contributed by atoms with Gasteiger partial charge in [-0.1, -0.05) is 31.2 Å². The second kappa shape index (κ2) is 6.73. The van der Waals surface area contributed by atoms with Crippen LogP contribution in [-0.4, -0.2) is 7.05 Å². The predicted octanol–water partition coefficient (Wildman–Crippen LogP) is 4.52. The smallest absolute Gasteiger partial charge is 0.141 e. The molecule has 0 radical (unpaired) electrons. The van der Waals surface area contributed by atoms with E-state index in [0.29, 0.717) is 0 Å². The Morgan fingerprint density at radius 2 is 1.89 bits per heavy atom. The lowest BCUT2D eigenvalue weighted by Crippen LogP contribution is -2.04. The number of hydrogen-bond donors (Lipinski definition) is 1. The van der Waals surface area contributed by atoms with Crippen molar-refractivity contribution in [3.8, 4) is 11.5 Å². The number of halogens is 1. The van der Waals surface area contributed by atoms with Gasteiger partial charge in [-0.3, -0.25) is 0 Å². The standard InChI is InChI=1S/C16H18BrNO/c1-3-13-6-4-5-7-15(13)19-16-9-8-12(11-18-2)10-14(16)17/h4-10,18H,3,11H2,1-2H3. The van der Waals surface area contributed by atoms with Gasteiger partial charge in [-0.05, 0) is 58.7 Å². The van der Waals surface area contributed by atoms with Crippen LogP contribution in [0.1, 0.15) is 18.1 Å². The highest BCUT2D eigenvalue weighted by molar-refractivity contribution is 9.10. The minimum atomic E-state index is 0.848. The van der Waals surface area contributed by atoms with Crippen LogP contribution in [0.25, 0.3) is 0 Å². The van der Waals surface area contributed by atoms with Crippen LogP contribution in [0.4, 0.5) is 0 Å². The summed E-state index contributed by atoms with van der Waals surface area (Å²) in [6.07, 6.45) is 0.964. The summed E-state index contributed by atoms with van der Waals surface area (Å²) in [5, 5.41) is 3.14. The van der Waals surface area contributed by atoms with Gasteiger partial charge < -0.3 is 10.1 Å². The fraction of sp³-hybridized carbons (Fsp3) is 0.250. The van der Waals surface area contributed by atoms with E-state index in [1.165, 1.54) is 11.1 Å². The molecule has 2 rings (SSSR count). The molecular formula is C16H18BrNO. The number of ether oxygens (including phenoxy) is 1. The van der Waals surface area contributed by atoms with Crippen molar-refractivity contribution in [2.75, 3.05) is 7.05 Å². The molecule has 0 unspecified atom stereocenters. The zero-order valence-corrected chi connectivity index (χ0v) is 12.8. The summed E-state index contributed by atoms with van der Waals surface area (Å²) in [6.45, 7) is 2.98. The molecule has 19 heavy (non-hydrogen) atoms. The van der Waals surface area contributed by atoms with E-state index in [1.54, 1.807) is 0 Å². The summed E-state index contributed by atoms with van der Waals surface area (Å²) < 4.78 is 6.97. The van der Waals surface area contributed by atoms with Gasteiger partial charge in [-0.2, -0.15) is 0 Å². The third kappa shape index (κ3) is 3.58. The SMILES string of the molecule is CCc1ccccc1Oc1ccc(CNC)cc1Br. The minimum absolute atomic E-state index is 0.848. The quantitative estimate of drug-likeness (QED) is 0.874. The zero-order chi connectivity index (χ0) is 13.7. The van der Waals surface area contributed by atoms with Crippen molar-refractivity contribution < 1.29 is 4.74 Å². The molecule has 3 heteroatoms.